The predicted molar refractivity (Wildman–Crippen MR) is 10.3 cm³/mol. The van der Waals surface area contributed by atoms with E-state index >= 15 is 0 Å². The molecule has 0 radical (unpaired) electrons. The zero-order valence-corrected chi connectivity index (χ0v) is 7.52. The summed E-state index contributed by atoms with van der Waals surface area (Å²) in [4.78, 5) is 0. The summed E-state index contributed by atoms with van der Waals surface area (Å²) >= 11 is -0.342. The van der Waals surface area contributed by atoms with E-state index in [0.29, 0.717) is 10.1 Å². The molecule has 0 fully saturated rings. The summed E-state index contributed by atoms with van der Waals surface area (Å²) in [5.41, 5.74) is 0. The zero-order chi connectivity index (χ0) is 4.00. The Kier molecular flexibility index (Phi) is 63.5. The molecule has 0 aromatic heterocycles. The fraction of sp³-hybridized carbons (Fsp3) is 0. The molecule has 0 spiro atoms. The van der Waals surface area contributed by atoms with E-state index in [-0.39, 0.29) is 38.7 Å². The average Bonchev–Trinajstić information content (AvgIpc) is 1.50. The first kappa shape index (κ1) is 8.99. The molecule has 4 heteroatoms. The third kappa shape index (κ3) is 10.4. The van der Waals surface area contributed by atoms with E-state index in [0.717, 1.165) is 0 Å². The van der Waals surface area contributed by atoms with E-state index in [4.69, 9.17) is 4.46 Å². The van der Waals surface area contributed by atoms with Gasteiger partial charge in [-0.15, -0.1) is 0 Å². The van der Waals surface area contributed by atoms with Crippen LogP contribution in [0.5, 0.6) is 0 Å². The molecule has 0 saturated heterocycles. The van der Waals surface area contributed by atoms with Crippen molar-refractivity contribution in [3.05, 3.63) is 0 Å². The van der Waals surface area contributed by atoms with Crippen LogP contribution < -0.4 is 0 Å². The van der Waals surface area contributed by atoms with Gasteiger partial charge in [0.25, 0.3) is 0 Å². The third-order valence-electron chi connectivity index (χ3n) is 0. The summed E-state index contributed by atoms with van der Waals surface area (Å²) in [6.45, 7) is 0. The Balaban J connectivity index is 0. The summed E-state index contributed by atoms with van der Waals surface area (Å²) in [7, 11) is 0.611. The summed E-state index contributed by atoms with van der Waals surface area (Å²) in [5.74, 6) is 0. The number of halogens is 1. The average molecular weight is 297 g/mol. The molecule has 0 heterocycles. The third-order valence-corrected chi connectivity index (χ3v) is 0. The van der Waals surface area contributed by atoms with Gasteiger partial charge in [0, 0.05) is 0 Å². The second kappa shape index (κ2) is 28.3. The first-order valence-corrected chi connectivity index (χ1v) is 2.61. The maximum absolute atomic E-state index is 9.67. The van der Waals surface area contributed by atoms with Crippen LogP contribution in [-0.4, -0.2) is 10.1 Å². The van der Waals surface area contributed by atoms with Crippen LogP contribution in [0.25, 0.3) is 0 Å². The molecule has 0 bridgehead atoms. The Morgan fingerprint density at radius 1 is 1.50 bits per heavy atom. The van der Waals surface area contributed by atoms with Gasteiger partial charge in [-0.25, -0.2) is 0 Å². The molecule has 0 N–H and O–H groups in total. The minimum absolute atomic E-state index is 0.342. The second-order valence-electron chi connectivity index (χ2n) is 0. The fourth-order valence-electron chi connectivity index (χ4n) is 0. The van der Waals surface area contributed by atoms with Gasteiger partial charge < -0.3 is 4.46 Å². The quantitative estimate of drug-likeness (QED) is 0.545. The Morgan fingerprint density at radius 2 is 1.50 bits per heavy atom. The van der Waals surface area contributed by atoms with Crippen molar-refractivity contribution < 1.29 is 44.3 Å². The SMILES string of the molecule is O=[SiH2].[F][Th]. The first-order chi connectivity index (χ1) is 2.00. The molecular weight excluding hydrogens is 295 g/mol. The molecule has 0 aliphatic carbocycles. The minimum atomic E-state index is -0.342. The summed E-state index contributed by atoms with van der Waals surface area (Å²) in [6.07, 6.45) is 0. The van der Waals surface area contributed by atoms with Crippen molar-refractivity contribution in [3.8, 4) is 0 Å². The van der Waals surface area contributed by atoms with Crippen molar-refractivity contribution >= 4 is 10.1 Å². The fourth-order valence-corrected chi connectivity index (χ4v) is 0. The van der Waals surface area contributed by atoms with Crippen LogP contribution in [0.15, 0.2) is 0 Å². The molecule has 1 nitrogen and oxygen atoms in total. The van der Waals surface area contributed by atoms with Crippen molar-refractivity contribution in [2.75, 3.05) is 0 Å². The van der Waals surface area contributed by atoms with Gasteiger partial charge >= 0.3 is 39.8 Å². The normalized spacial score (nSPS) is 2.75. The van der Waals surface area contributed by atoms with Gasteiger partial charge in [0.15, 0.2) is 0 Å². The molecule has 0 rings (SSSR count). The van der Waals surface area contributed by atoms with Crippen molar-refractivity contribution in [3.63, 3.8) is 0 Å². The summed E-state index contributed by atoms with van der Waals surface area (Å²) < 4.78 is 17.9. The maximum atomic E-state index is 9.67. The first-order valence-electron chi connectivity index (χ1n) is 0.478. The summed E-state index contributed by atoms with van der Waals surface area (Å²) in [5, 5.41) is 0. The topological polar surface area (TPSA) is 17.1 Å². The molecule has 0 aliphatic heterocycles. The van der Waals surface area contributed by atoms with Gasteiger partial charge in [0.1, 0.15) is 0 Å². The van der Waals surface area contributed by atoms with Crippen molar-refractivity contribution in [1.29, 1.82) is 0 Å². The van der Waals surface area contributed by atoms with Gasteiger partial charge in [-0.1, -0.05) is 0 Å². The van der Waals surface area contributed by atoms with Gasteiger partial charge in [0.05, 0.1) is 0 Å². The van der Waals surface area contributed by atoms with E-state index in [9.17, 15) is 1.12 Å². The van der Waals surface area contributed by atoms with Crippen molar-refractivity contribution in [2.24, 2.45) is 0 Å². The molecule has 0 amide bonds. The Labute approximate surface area is 53.9 Å². The molecule has 23 valence electrons. The summed E-state index contributed by atoms with van der Waals surface area (Å²) in [6, 6.07) is 0. The van der Waals surface area contributed by atoms with Crippen LogP contribution in [0.4, 0.5) is 1.12 Å². The Bertz CT molecular complexity index is 8.00. The number of hydrogen-bond donors (Lipinski definition) is 0. The molecule has 0 unspecified atom stereocenters. The van der Waals surface area contributed by atoms with Crippen molar-refractivity contribution in [1.82, 2.24) is 0 Å². The molecule has 4 heavy (non-hydrogen) atoms. The van der Waals surface area contributed by atoms with Crippen LogP contribution in [0.1, 0.15) is 0 Å². The van der Waals surface area contributed by atoms with Gasteiger partial charge in [0.2, 0.25) is 10.1 Å². The van der Waals surface area contributed by atoms with E-state index in [2.05, 4.69) is 0 Å². The zero-order valence-electron chi connectivity index (χ0n) is 1.99. The molecule has 0 aromatic rings. The number of rotatable bonds is 0. The van der Waals surface area contributed by atoms with Crippen LogP contribution in [0.2, 0.25) is 0 Å². The number of hydrogen-bond acceptors (Lipinski definition) is 1. The molecule has 0 aromatic carbocycles. The van der Waals surface area contributed by atoms with Crippen molar-refractivity contribution in [2.45, 2.75) is 0 Å². The van der Waals surface area contributed by atoms with Crippen LogP contribution >= 0.6 is 0 Å². The van der Waals surface area contributed by atoms with Gasteiger partial charge in [-0.3, -0.25) is 0 Å². The van der Waals surface area contributed by atoms with E-state index in [1.807, 2.05) is 0 Å². The molecule has 0 aliphatic rings. The molecule has 0 atom stereocenters. The van der Waals surface area contributed by atoms with Crippen LogP contribution in [-0.2, 0) is 4.46 Å². The van der Waals surface area contributed by atoms with E-state index in [1.54, 1.807) is 0 Å². The Morgan fingerprint density at radius 3 is 1.50 bits per heavy atom. The van der Waals surface area contributed by atoms with Gasteiger partial charge in [-0.05, 0) is 0 Å². The van der Waals surface area contributed by atoms with E-state index in [1.165, 1.54) is 0 Å². The van der Waals surface area contributed by atoms with Gasteiger partial charge in [-0.2, -0.15) is 0 Å². The predicted octanol–water partition coefficient (Wildman–Crippen LogP) is -0.615. The van der Waals surface area contributed by atoms with E-state index < -0.39 is 0 Å². The van der Waals surface area contributed by atoms with Crippen LogP contribution in [0.3, 0.4) is 0 Å². The molecule has 0 saturated carbocycles. The monoisotopic (exact) mass is 297 g/mol. The second-order valence-corrected chi connectivity index (χ2v) is 0. The Hall–Kier alpha value is 1.27. The standard InChI is InChI=1S/FH.H2OSi.Th/c;1-2;/h1H;2H2;/q;;+1/p-1. The van der Waals surface area contributed by atoms with Crippen LogP contribution in [0, 0.1) is 38.7 Å². The molecular formula is H2FOSiTh.